The van der Waals surface area contributed by atoms with Crippen molar-refractivity contribution in [1.82, 2.24) is 5.32 Å². The molecule has 88 valence electrons. The van der Waals surface area contributed by atoms with Crippen LogP contribution in [0.3, 0.4) is 0 Å². The molecule has 0 amide bonds. The zero-order valence-corrected chi connectivity index (χ0v) is 10.4. The van der Waals surface area contributed by atoms with Gasteiger partial charge in [-0.3, -0.25) is 0 Å². The molecule has 1 unspecified atom stereocenters. The van der Waals surface area contributed by atoms with E-state index in [-0.39, 0.29) is 11.9 Å². The first-order chi connectivity index (χ1) is 7.63. The maximum absolute atomic E-state index is 13.3. The lowest BCUT2D eigenvalue weighted by atomic mass is 9.77. The summed E-state index contributed by atoms with van der Waals surface area (Å²) in [4.78, 5) is 0. The van der Waals surface area contributed by atoms with Crippen LogP contribution < -0.4 is 5.32 Å². The van der Waals surface area contributed by atoms with Gasteiger partial charge in [0.05, 0.1) is 0 Å². The summed E-state index contributed by atoms with van der Waals surface area (Å²) in [5.41, 5.74) is 1.70. The van der Waals surface area contributed by atoms with Crippen molar-refractivity contribution in [3.8, 4) is 0 Å². The zero-order chi connectivity index (χ0) is 11.7. The van der Waals surface area contributed by atoms with E-state index in [1.165, 1.54) is 25.3 Å². The molecule has 0 aromatic heterocycles. The monoisotopic (exact) mass is 241 g/mol. The smallest absolute Gasteiger partial charge is 0.127 e. The summed E-state index contributed by atoms with van der Waals surface area (Å²) >= 11 is 6.12. The molecular formula is C13H17ClFN. The molecule has 2 rings (SSSR count). The van der Waals surface area contributed by atoms with E-state index in [2.05, 4.69) is 5.32 Å². The largest absolute Gasteiger partial charge is 0.313 e. The molecule has 0 radical (unpaired) electrons. The molecule has 0 saturated heterocycles. The van der Waals surface area contributed by atoms with Crippen molar-refractivity contribution < 1.29 is 4.39 Å². The Bertz CT molecular complexity index is 388. The van der Waals surface area contributed by atoms with Crippen LogP contribution in [-0.2, 0) is 0 Å². The van der Waals surface area contributed by atoms with Crippen molar-refractivity contribution in [3.05, 3.63) is 34.1 Å². The second kappa shape index (κ2) is 4.72. The van der Waals surface area contributed by atoms with Crippen molar-refractivity contribution in [2.75, 3.05) is 7.05 Å². The number of hydrogen-bond donors (Lipinski definition) is 1. The highest BCUT2D eigenvalue weighted by Crippen LogP contribution is 2.40. The third-order valence-corrected chi connectivity index (χ3v) is 3.87. The molecular weight excluding hydrogens is 225 g/mol. The lowest BCUT2D eigenvalue weighted by Gasteiger charge is -2.34. The maximum Gasteiger partial charge on any atom is 0.127 e. The number of nitrogens with one attached hydrogen (secondary N) is 1. The van der Waals surface area contributed by atoms with Crippen molar-refractivity contribution >= 4 is 11.6 Å². The van der Waals surface area contributed by atoms with Crippen LogP contribution >= 0.6 is 11.6 Å². The summed E-state index contributed by atoms with van der Waals surface area (Å²) in [5, 5.41) is 3.84. The molecule has 1 nitrogen and oxygen atoms in total. The molecule has 0 bridgehead atoms. The fourth-order valence-corrected chi connectivity index (χ4v) is 2.60. The highest BCUT2D eigenvalue weighted by Gasteiger charge is 2.28. The standard InChI is InChI=1S/C13H17ClFN/c1-8-6-10(11(14)7-12(8)15)13(16-2)9-4-3-5-9/h6-7,9,13,16H,3-5H2,1-2H3. The Morgan fingerprint density at radius 1 is 1.44 bits per heavy atom. The lowest BCUT2D eigenvalue weighted by molar-refractivity contribution is 0.239. The topological polar surface area (TPSA) is 12.0 Å². The van der Waals surface area contributed by atoms with Crippen molar-refractivity contribution in [2.45, 2.75) is 32.2 Å². The van der Waals surface area contributed by atoms with Gasteiger partial charge in [-0.05, 0) is 49.9 Å². The highest BCUT2D eigenvalue weighted by atomic mass is 35.5. The van der Waals surface area contributed by atoms with Gasteiger partial charge >= 0.3 is 0 Å². The molecule has 0 spiro atoms. The third-order valence-electron chi connectivity index (χ3n) is 3.55. The Labute approximate surface area is 101 Å². The Morgan fingerprint density at radius 2 is 2.12 bits per heavy atom. The Morgan fingerprint density at radius 3 is 2.62 bits per heavy atom. The van der Waals surface area contributed by atoms with E-state index in [0.717, 1.165) is 5.56 Å². The van der Waals surface area contributed by atoms with Crippen LogP contribution in [0.25, 0.3) is 0 Å². The summed E-state index contributed by atoms with van der Waals surface area (Å²) < 4.78 is 13.3. The normalized spacial score (nSPS) is 18.2. The van der Waals surface area contributed by atoms with E-state index < -0.39 is 0 Å². The molecule has 1 atom stereocenters. The quantitative estimate of drug-likeness (QED) is 0.848. The summed E-state index contributed by atoms with van der Waals surface area (Å²) in [7, 11) is 1.94. The molecule has 3 heteroatoms. The Kier molecular flexibility index (Phi) is 3.50. The minimum Gasteiger partial charge on any atom is -0.313 e. The van der Waals surface area contributed by atoms with Gasteiger partial charge in [0.2, 0.25) is 0 Å². The minimum atomic E-state index is -0.225. The van der Waals surface area contributed by atoms with Gasteiger partial charge in [-0.2, -0.15) is 0 Å². The predicted octanol–water partition coefficient (Wildman–Crippen LogP) is 3.85. The summed E-state index contributed by atoms with van der Waals surface area (Å²) in [5.74, 6) is 0.421. The number of aryl methyl sites for hydroxylation is 1. The summed E-state index contributed by atoms with van der Waals surface area (Å²) in [6.45, 7) is 1.78. The third kappa shape index (κ3) is 2.09. The van der Waals surface area contributed by atoms with Crippen LogP contribution in [0, 0.1) is 18.7 Å². The fraction of sp³-hybridized carbons (Fsp3) is 0.538. The molecule has 1 aromatic rings. The number of benzene rings is 1. The van der Waals surface area contributed by atoms with E-state index in [1.54, 1.807) is 6.92 Å². The van der Waals surface area contributed by atoms with Gasteiger partial charge in [0.1, 0.15) is 5.82 Å². The summed E-state index contributed by atoms with van der Waals surface area (Å²) in [6.07, 6.45) is 3.76. The van der Waals surface area contributed by atoms with Crippen molar-refractivity contribution in [2.24, 2.45) is 5.92 Å². The van der Waals surface area contributed by atoms with Gasteiger partial charge in [0.15, 0.2) is 0 Å². The highest BCUT2D eigenvalue weighted by molar-refractivity contribution is 6.31. The van der Waals surface area contributed by atoms with E-state index in [9.17, 15) is 4.39 Å². The average Bonchev–Trinajstić information content (AvgIpc) is 2.17. The van der Waals surface area contributed by atoms with Gasteiger partial charge in [-0.15, -0.1) is 0 Å². The molecule has 1 aliphatic carbocycles. The number of rotatable bonds is 3. The first kappa shape index (κ1) is 11.9. The van der Waals surface area contributed by atoms with Crippen LogP contribution in [0.2, 0.25) is 5.02 Å². The molecule has 0 aliphatic heterocycles. The van der Waals surface area contributed by atoms with E-state index >= 15 is 0 Å². The first-order valence-electron chi connectivity index (χ1n) is 5.76. The minimum absolute atomic E-state index is 0.225. The molecule has 1 aromatic carbocycles. The predicted molar refractivity (Wildman–Crippen MR) is 65.3 cm³/mol. The van der Waals surface area contributed by atoms with E-state index in [0.29, 0.717) is 16.5 Å². The van der Waals surface area contributed by atoms with E-state index in [4.69, 9.17) is 11.6 Å². The fourth-order valence-electron chi connectivity index (χ4n) is 2.34. The Hall–Kier alpha value is -0.600. The lowest BCUT2D eigenvalue weighted by Crippen LogP contribution is -2.30. The second-order valence-corrected chi connectivity index (χ2v) is 4.99. The van der Waals surface area contributed by atoms with Crippen molar-refractivity contribution in [3.63, 3.8) is 0 Å². The van der Waals surface area contributed by atoms with Gasteiger partial charge in [0.25, 0.3) is 0 Å². The SMILES string of the molecule is CNC(c1cc(C)c(F)cc1Cl)C1CCC1. The van der Waals surface area contributed by atoms with Gasteiger partial charge in [-0.25, -0.2) is 4.39 Å². The van der Waals surface area contributed by atoms with E-state index in [1.807, 2.05) is 13.1 Å². The molecule has 16 heavy (non-hydrogen) atoms. The maximum atomic E-state index is 13.3. The van der Waals surface area contributed by atoms with Crippen LogP contribution in [-0.4, -0.2) is 7.05 Å². The van der Waals surface area contributed by atoms with Crippen LogP contribution in [0.1, 0.15) is 36.4 Å². The van der Waals surface area contributed by atoms with Gasteiger partial charge in [0, 0.05) is 11.1 Å². The first-order valence-corrected chi connectivity index (χ1v) is 6.14. The molecule has 1 N–H and O–H groups in total. The molecule has 1 fully saturated rings. The van der Waals surface area contributed by atoms with Gasteiger partial charge < -0.3 is 5.32 Å². The van der Waals surface area contributed by atoms with Gasteiger partial charge in [-0.1, -0.05) is 24.1 Å². The summed E-state index contributed by atoms with van der Waals surface area (Å²) in [6, 6.07) is 3.56. The second-order valence-electron chi connectivity index (χ2n) is 4.58. The van der Waals surface area contributed by atoms with Crippen LogP contribution in [0.5, 0.6) is 0 Å². The molecule has 1 aliphatic rings. The van der Waals surface area contributed by atoms with Crippen LogP contribution in [0.15, 0.2) is 12.1 Å². The zero-order valence-electron chi connectivity index (χ0n) is 9.69. The number of hydrogen-bond acceptors (Lipinski definition) is 1. The number of halogens is 2. The van der Waals surface area contributed by atoms with Crippen molar-refractivity contribution in [1.29, 1.82) is 0 Å². The molecule has 0 heterocycles. The molecule has 1 saturated carbocycles. The average molecular weight is 242 g/mol. The van der Waals surface area contributed by atoms with Crippen LogP contribution in [0.4, 0.5) is 4.39 Å². The Balaban J connectivity index is 2.33.